The van der Waals surface area contributed by atoms with Gasteiger partial charge >= 0.3 is 0 Å². The monoisotopic (exact) mass is 284 g/mol. The molecule has 0 spiro atoms. The predicted molar refractivity (Wildman–Crippen MR) is 72.8 cm³/mol. The Balaban J connectivity index is 2.23. The molecule has 6 nitrogen and oxygen atoms in total. The number of carbonyl (C=O) groups excluding carboxylic acids is 1. The molecule has 0 radical (unpaired) electrons. The lowest BCUT2D eigenvalue weighted by molar-refractivity contribution is -0.122. The number of hydrogen-bond acceptors (Lipinski definition) is 4. The summed E-state index contributed by atoms with van der Waals surface area (Å²) in [6.07, 6.45) is 1.82. The third-order valence-electron chi connectivity index (χ3n) is 2.85. The summed E-state index contributed by atoms with van der Waals surface area (Å²) in [6.45, 7) is 0.642. The van der Waals surface area contributed by atoms with Crippen LogP contribution in [0.1, 0.15) is 5.56 Å². The van der Waals surface area contributed by atoms with Crippen LogP contribution in [0.2, 0.25) is 0 Å². The molecule has 19 heavy (non-hydrogen) atoms. The van der Waals surface area contributed by atoms with Crippen LogP contribution in [0.15, 0.2) is 18.2 Å². The van der Waals surface area contributed by atoms with Gasteiger partial charge in [-0.05, 0) is 30.2 Å². The van der Waals surface area contributed by atoms with Crippen molar-refractivity contribution in [2.75, 3.05) is 36.1 Å². The second-order valence-corrected chi connectivity index (χ2v) is 6.19. The van der Waals surface area contributed by atoms with Crippen LogP contribution in [-0.2, 0) is 26.0 Å². The molecule has 1 aromatic rings. The van der Waals surface area contributed by atoms with Crippen LogP contribution in [0.5, 0.6) is 0 Å². The van der Waals surface area contributed by atoms with Gasteiger partial charge in [0.1, 0.15) is 6.61 Å². The quantitative estimate of drug-likeness (QED) is 0.878. The topological polar surface area (TPSA) is 75.7 Å². The van der Waals surface area contributed by atoms with Crippen LogP contribution in [0.25, 0.3) is 0 Å². The first-order valence-corrected chi connectivity index (χ1v) is 7.70. The summed E-state index contributed by atoms with van der Waals surface area (Å²) in [6, 6.07) is 5.16. The third kappa shape index (κ3) is 3.24. The SMILES string of the molecule is COCC(=O)N1CCc2cc(NS(C)(=O)=O)ccc21. The van der Waals surface area contributed by atoms with Gasteiger partial charge < -0.3 is 9.64 Å². The minimum Gasteiger partial charge on any atom is -0.375 e. The Kier molecular flexibility index (Phi) is 3.77. The number of rotatable bonds is 4. The fraction of sp³-hybridized carbons (Fsp3) is 0.417. The van der Waals surface area contributed by atoms with Crippen molar-refractivity contribution in [1.82, 2.24) is 0 Å². The number of methoxy groups -OCH3 is 1. The predicted octanol–water partition coefficient (Wildman–Crippen LogP) is 0.594. The maximum absolute atomic E-state index is 11.8. The molecule has 2 rings (SSSR count). The molecule has 1 aliphatic rings. The molecule has 1 aliphatic heterocycles. The number of nitrogens with zero attached hydrogens (tertiary/aromatic N) is 1. The van der Waals surface area contributed by atoms with Crippen molar-refractivity contribution in [2.24, 2.45) is 0 Å². The number of sulfonamides is 1. The maximum atomic E-state index is 11.8. The van der Waals surface area contributed by atoms with Crippen LogP contribution in [0.4, 0.5) is 11.4 Å². The summed E-state index contributed by atoms with van der Waals surface area (Å²) in [7, 11) is -1.80. The largest absolute Gasteiger partial charge is 0.375 e. The van der Waals surface area contributed by atoms with Crippen molar-refractivity contribution in [3.63, 3.8) is 0 Å². The van der Waals surface area contributed by atoms with E-state index in [9.17, 15) is 13.2 Å². The smallest absolute Gasteiger partial charge is 0.252 e. The molecule has 0 saturated carbocycles. The molecule has 1 heterocycles. The number of carbonyl (C=O) groups is 1. The zero-order valence-corrected chi connectivity index (χ0v) is 11.7. The third-order valence-corrected chi connectivity index (χ3v) is 3.45. The maximum Gasteiger partial charge on any atom is 0.252 e. The van der Waals surface area contributed by atoms with Gasteiger partial charge in [-0.3, -0.25) is 9.52 Å². The fourth-order valence-electron chi connectivity index (χ4n) is 2.14. The molecular weight excluding hydrogens is 268 g/mol. The molecule has 0 fully saturated rings. The highest BCUT2D eigenvalue weighted by molar-refractivity contribution is 7.92. The highest BCUT2D eigenvalue weighted by Gasteiger charge is 2.24. The van der Waals surface area contributed by atoms with E-state index < -0.39 is 10.0 Å². The summed E-state index contributed by atoms with van der Waals surface area (Å²) < 4.78 is 29.6. The number of nitrogens with one attached hydrogen (secondary N) is 1. The first kappa shape index (κ1) is 13.8. The molecule has 1 aromatic carbocycles. The highest BCUT2D eigenvalue weighted by atomic mass is 32.2. The van der Waals surface area contributed by atoms with E-state index in [0.717, 1.165) is 17.5 Å². The summed E-state index contributed by atoms with van der Waals surface area (Å²) in [5.74, 6) is -0.0925. The van der Waals surface area contributed by atoms with Gasteiger partial charge in [-0.25, -0.2) is 8.42 Å². The van der Waals surface area contributed by atoms with E-state index >= 15 is 0 Å². The summed E-state index contributed by atoms with van der Waals surface area (Å²) in [4.78, 5) is 13.5. The Hall–Kier alpha value is -1.60. The number of anilines is 2. The summed E-state index contributed by atoms with van der Waals surface area (Å²) >= 11 is 0. The minimum atomic E-state index is -3.28. The van der Waals surface area contributed by atoms with Crippen molar-refractivity contribution in [2.45, 2.75) is 6.42 Å². The zero-order valence-electron chi connectivity index (χ0n) is 10.8. The molecule has 0 atom stereocenters. The van der Waals surface area contributed by atoms with Crippen molar-refractivity contribution in [1.29, 1.82) is 0 Å². The van der Waals surface area contributed by atoms with Gasteiger partial charge in [0.25, 0.3) is 5.91 Å². The first-order valence-electron chi connectivity index (χ1n) is 5.81. The number of fused-ring (bicyclic) bond motifs is 1. The normalized spacial score (nSPS) is 14.3. The van der Waals surface area contributed by atoms with E-state index in [-0.39, 0.29) is 12.5 Å². The van der Waals surface area contributed by atoms with E-state index in [4.69, 9.17) is 4.74 Å². The number of benzene rings is 1. The Morgan fingerprint density at radius 3 is 2.84 bits per heavy atom. The van der Waals surface area contributed by atoms with Gasteiger partial charge in [0.05, 0.1) is 6.26 Å². The lowest BCUT2D eigenvalue weighted by atomic mass is 10.1. The van der Waals surface area contributed by atoms with Gasteiger partial charge in [-0.2, -0.15) is 0 Å². The molecule has 1 amide bonds. The van der Waals surface area contributed by atoms with E-state index in [1.165, 1.54) is 7.11 Å². The van der Waals surface area contributed by atoms with Gasteiger partial charge in [0.2, 0.25) is 10.0 Å². The van der Waals surface area contributed by atoms with Crippen molar-refractivity contribution in [3.8, 4) is 0 Å². The molecule has 1 N–H and O–H groups in total. The summed E-state index contributed by atoms with van der Waals surface area (Å²) in [5.41, 5.74) is 2.29. The molecule has 0 saturated heterocycles. The molecule has 104 valence electrons. The fourth-order valence-corrected chi connectivity index (χ4v) is 2.69. The van der Waals surface area contributed by atoms with Crippen LogP contribution in [0, 0.1) is 0 Å². The Labute approximate surface area is 112 Å². The second-order valence-electron chi connectivity index (χ2n) is 4.45. The molecule has 0 unspecified atom stereocenters. The standard InChI is InChI=1S/C12H16N2O4S/c1-18-8-12(15)14-6-5-9-7-10(3-4-11(9)14)13-19(2,16)17/h3-4,7,13H,5-6,8H2,1-2H3. The van der Waals surface area contributed by atoms with Crippen LogP contribution in [0.3, 0.4) is 0 Å². The lowest BCUT2D eigenvalue weighted by Crippen LogP contribution is -2.31. The molecule has 0 aliphatic carbocycles. The lowest BCUT2D eigenvalue weighted by Gasteiger charge is -2.17. The van der Waals surface area contributed by atoms with Crippen molar-refractivity contribution >= 4 is 27.3 Å². The minimum absolute atomic E-state index is 0.0444. The molecule has 7 heteroatoms. The summed E-state index contributed by atoms with van der Waals surface area (Å²) in [5, 5.41) is 0. The van der Waals surface area contributed by atoms with Crippen molar-refractivity contribution < 1.29 is 17.9 Å². The number of amides is 1. The van der Waals surface area contributed by atoms with Gasteiger partial charge in [0, 0.05) is 25.0 Å². The van der Waals surface area contributed by atoms with Crippen LogP contribution >= 0.6 is 0 Å². The average Bonchev–Trinajstić information content (AvgIpc) is 2.70. The van der Waals surface area contributed by atoms with Gasteiger partial charge in [-0.15, -0.1) is 0 Å². The van der Waals surface area contributed by atoms with Crippen LogP contribution in [-0.4, -0.2) is 40.8 Å². The molecular formula is C12H16N2O4S. The van der Waals surface area contributed by atoms with E-state index in [2.05, 4.69) is 4.72 Å². The van der Waals surface area contributed by atoms with E-state index in [1.807, 2.05) is 0 Å². The van der Waals surface area contributed by atoms with E-state index in [1.54, 1.807) is 23.1 Å². The Morgan fingerprint density at radius 1 is 1.47 bits per heavy atom. The average molecular weight is 284 g/mol. The molecule has 0 bridgehead atoms. The molecule has 0 aromatic heterocycles. The van der Waals surface area contributed by atoms with Crippen LogP contribution < -0.4 is 9.62 Å². The van der Waals surface area contributed by atoms with E-state index in [0.29, 0.717) is 18.7 Å². The van der Waals surface area contributed by atoms with Crippen molar-refractivity contribution in [3.05, 3.63) is 23.8 Å². The van der Waals surface area contributed by atoms with Gasteiger partial charge in [0.15, 0.2) is 0 Å². The number of ether oxygens (including phenoxy) is 1. The number of hydrogen-bond donors (Lipinski definition) is 1. The zero-order chi connectivity index (χ0) is 14.0. The Bertz CT molecular complexity index is 598. The van der Waals surface area contributed by atoms with Gasteiger partial charge in [-0.1, -0.05) is 0 Å². The first-order chi connectivity index (χ1) is 8.90. The second kappa shape index (κ2) is 5.18. The highest BCUT2D eigenvalue weighted by Crippen LogP contribution is 2.30. The Morgan fingerprint density at radius 2 is 2.21 bits per heavy atom.